The minimum absolute atomic E-state index is 0.0479. The fourth-order valence-electron chi connectivity index (χ4n) is 4.30. The first-order chi connectivity index (χ1) is 14.8. The number of hydrogen-bond donors (Lipinski definition) is 3. The van der Waals surface area contributed by atoms with Crippen molar-refractivity contribution in [2.24, 2.45) is 11.8 Å². The minimum atomic E-state index is -1.12. The quantitative estimate of drug-likeness (QED) is 0.603. The van der Waals surface area contributed by atoms with E-state index in [0.717, 1.165) is 22.3 Å². The fourth-order valence-corrected chi connectivity index (χ4v) is 4.30. The SMILES string of the molecule is CC(C)C(C(=O)NCC(=O)O)C(C)NC(=O)OCC1c2ccccc2-c2ccccc21. The molecule has 7 nitrogen and oxygen atoms in total. The molecule has 1 aliphatic rings. The summed E-state index contributed by atoms with van der Waals surface area (Å²) in [5.41, 5.74) is 4.54. The Morgan fingerprint density at radius 1 is 0.968 bits per heavy atom. The van der Waals surface area contributed by atoms with Gasteiger partial charge in [0.05, 0.1) is 5.92 Å². The van der Waals surface area contributed by atoms with Gasteiger partial charge in [-0.3, -0.25) is 9.59 Å². The van der Waals surface area contributed by atoms with Crippen molar-refractivity contribution in [1.29, 1.82) is 0 Å². The molecule has 0 aromatic heterocycles. The molecule has 164 valence electrons. The van der Waals surface area contributed by atoms with Crippen molar-refractivity contribution < 1.29 is 24.2 Å². The summed E-state index contributed by atoms with van der Waals surface area (Å²) in [6.45, 7) is 5.14. The third kappa shape index (κ3) is 5.05. The van der Waals surface area contributed by atoms with E-state index in [1.807, 2.05) is 50.2 Å². The molecule has 3 rings (SSSR count). The number of ether oxygens (including phenoxy) is 1. The van der Waals surface area contributed by atoms with Crippen molar-refractivity contribution in [1.82, 2.24) is 10.6 Å². The van der Waals surface area contributed by atoms with Crippen LogP contribution in [0.2, 0.25) is 0 Å². The van der Waals surface area contributed by atoms with Gasteiger partial charge in [-0.25, -0.2) is 4.79 Å². The molecule has 2 amide bonds. The van der Waals surface area contributed by atoms with Gasteiger partial charge >= 0.3 is 12.1 Å². The highest BCUT2D eigenvalue weighted by molar-refractivity contribution is 5.84. The molecule has 0 fully saturated rings. The molecule has 0 saturated heterocycles. The Labute approximate surface area is 181 Å². The zero-order valence-electron chi connectivity index (χ0n) is 17.9. The van der Waals surface area contributed by atoms with Crippen LogP contribution in [0.15, 0.2) is 48.5 Å². The van der Waals surface area contributed by atoms with E-state index >= 15 is 0 Å². The van der Waals surface area contributed by atoms with E-state index in [2.05, 4.69) is 22.8 Å². The summed E-state index contributed by atoms with van der Waals surface area (Å²) in [5, 5.41) is 13.9. The molecule has 0 spiro atoms. The number of carboxylic acid groups (broad SMARTS) is 1. The maximum absolute atomic E-state index is 12.5. The molecule has 1 aliphatic carbocycles. The van der Waals surface area contributed by atoms with Gasteiger partial charge in [0, 0.05) is 12.0 Å². The van der Waals surface area contributed by atoms with Crippen molar-refractivity contribution in [2.75, 3.05) is 13.2 Å². The van der Waals surface area contributed by atoms with E-state index in [0.29, 0.717) is 0 Å². The Bertz CT molecular complexity index is 926. The molecule has 2 aromatic rings. The highest BCUT2D eigenvalue weighted by atomic mass is 16.5. The van der Waals surface area contributed by atoms with Gasteiger partial charge < -0.3 is 20.5 Å². The van der Waals surface area contributed by atoms with Crippen molar-refractivity contribution in [3.63, 3.8) is 0 Å². The molecule has 0 saturated carbocycles. The summed E-state index contributed by atoms with van der Waals surface area (Å²) in [6, 6.07) is 15.6. The lowest BCUT2D eigenvalue weighted by molar-refractivity contribution is -0.139. The second-order valence-corrected chi connectivity index (χ2v) is 8.14. The van der Waals surface area contributed by atoms with Crippen LogP contribution in [0.5, 0.6) is 0 Å². The molecule has 0 radical (unpaired) electrons. The number of alkyl carbamates (subject to hydrolysis) is 1. The Balaban J connectivity index is 1.63. The summed E-state index contributed by atoms with van der Waals surface area (Å²) in [5.74, 6) is -2.26. The van der Waals surface area contributed by atoms with Gasteiger partial charge in [-0.15, -0.1) is 0 Å². The predicted molar refractivity (Wildman–Crippen MR) is 117 cm³/mol. The first kappa shape index (κ1) is 22.3. The zero-order valence-corrected chi connectivity index (χ0v) is 17.9. The number of benzene rings is 2. The van der Waals surface area contributed by atoms with Gasteiger partial charge in [-0.1, -0.05) is 62.4 Å². The highest BCUT2D eigenvalue weighted by Gasteiger charge is 2.32. The lowest BCUT2D eigenvalue weighted by Crippen LogP contribution is -2.48. The number of carboxylic acids is 1. The number of aliphatic carboxylic acids is 1. The van der Waals surface area contributed by atoms with Gasteiger partial charge in [0.2, 0.25) is 5.91 Å². The second-order valence-electron chi connectivity index (χ2n) is 8.14. The summed E-state index contributed by atoms with van der Waals surface area (Å²) in [4.78, 5) is 35.6. The first-order valence-corrected chi connectivity index (χ1v) is 10.4. The smallest absolute Gasteiger partial charge is 0.407 e. The summed E-state index contributed by atoms with van der Waals surface area (Å²) < 4.78 is 5.54. The van der Waals surface area contributed by atoms with Gasteiger partial charge in [0.25, 0.3) is 0 Å². The standard InChI is InChI=1S/C24H28N2O5/c1-14(2)22(23(29)25-12-21(27)28)15(3)26-24(30)31-13-20-18-10-6-4-8-16(18)17-9-5-7-11-19(17)20/h4-11,14-15,20,22H,12-13H2,1-3H3,(H,25,29)(H,26,30)(H,27,28). The van der Waals surface area contributed by atoms with Gasteiger partial charge in [-0.05, 0) is 35.1 Å². The Hall–Kier alpha value is -3.35. The number of fused-ring (bicyclic) bond motifs is 3. The molecule has 3 N–H and O–H groups in total. The number of carbonyl (C=O) groups is 3. The number of carbonyl (C=O) groups excluding carboxylic acids is 2. The van der Waals surface area contributed by atoms with Gasteiger partial charge in [0.15, 0.2) is 0 Å². The predicted octanol–water partition coefficient (Wildman–Crippen LogP) is 3.39. The van der Waals surface area contributed by atoms with E-state index in [1.165, 1.54) is 0 Å². The van der Waals surface area contributed by atoms with E-state index in [9.17, 15) is 14.4 Å². The molecule has 0 bridgehead atoms. The van der Waals surface area contributed by atoms with E-state index in [1.54, 1.807) is 6.92 Å². The third-order valence-electron chi connectivity index (χ3n) is 5.66. The Morgan fingerprint density at radius 3 is 2.03 bits per heavy atom. The van der Waals surface area contributed by atoms with Crippen LogP contribution in [0.4, 0.5) is 4.79 Å². The molecule has 0 aliphatic heterocycles. The maximum Gasteiger partial charge on any atom is 0.407 e. The Kier molecular flexibility index (Phi) is 6.95. The molecule has 2 aromatic carbocycles. The lowest BCUT2D eigenvalue weighted by atomic mass is 9.88. The van der Waals surface area contributed by atoms with E-state index in [4.69, 9.17) is 9.84 Å². The normalized spacial score (nSPS) is 14.3. The second kappa shape index (κ2) is 9.64. The molecule has 0 heterocycles. The van der Waals surface area contributed by atoms with Crippen LogP contribution in [-0.2, 0) is 14.3 Å². The van der Waals surface area contributed by atoms with Crippen LogP contribution in [0.3, 0.4) is 0 Å². The average molecular weight is 424 g/mol. The topological polar surface area (TPSA) is 105 Å². The van der Waals surface area contributed by atoms with Crippen LogP contribution in [0.1, 0.15) is 37.8 Å². The zero-order chi connectivity index (χ0) is 22.5. The lowest BCUT2D eigenvalue weighted by Gasteiger charge is -2.27. The Morgan fingerprint density at radius 2 is 1.52 bits per heavy atom. The van der Waals surface area contributed by atoms with Crippen molar-refractivity contribution in [3.05, 3.63) is 59.7 Å². The van der Waals surface area contributed by atoms with Crippen molar-refractivity contribution in [3.8, 4) is 11.1 Å². The molecular weight excluding hydrogens is 396 g/mol. The van der Waals surface area contributed by atoms with E-state index in [-0.39, 0.29) is 18.4 Å². The van der Waals surface area contributed by atoms with Gasteiger partial charge in [0.1, 0.15) is 13.2 Å². The summed E-state index contributed by atoms with van der Waals surface area (Å²) in [6.07, 6.45) is -0.606. The van der Waals surface area contributed by atoms with E-state index < -0.39 is 36.5 Å². The largest absolute Gasteiger partial charge is 0.480 e. The number of hydrogen-bond acceptors (Lipinski definition) is 4. The number of rotatable bonds is 8. The van der Waals surface area contributed by atoms with Crippen LogP contribution in [0, 0.1) is 11.8 Å². The van der Waals surface area contributed by atoms with Crippen LogP contribution < -0.4 is 10.6 Å². The molecular formula is C24H28N2O5. The maximum atomic E-state index is 12.5. The third-order valence-corrected chi connectivity index (χ3v) is 5.66. The highest BCUT2D eigenvalue weighted by Crippen LogP contribution is 2.44. The summed E-state index contributed by atoms with van der Waals surface area (Å²) in [7, 11) is 0. The average Bonchev–Trinajstić information content (AvgIpc) is 3.04. The monoisotopic (exact) mass is 424 g/mol. The molecule has 2 unspecified atom stereocenters. The summed E-state index contributed by atoms with van der Waals surface area (Å²) >= 11 is 0. The van der Waals surface area contributed by atoms with Crippen LogP contribution >= 0.6 is 0 Å². The minimum Gasteiger partial charge on any atom is -0.480 e. The van der Waals surface area contributed by atoms with Crippen LogP contribution in [-0.4, -0.2) is 42.3 Å². The van der Waals surface area contributed by atoms with Crippen LogP contribution in [0.25, 0.3) is 11.1 Å². The molecule has 2 atom stereocenters. The molecule has 31 heavy (non-hydrogen) atoms. The number of amides is 2. The van der Waals surface area contributed by atoms with Crippen molar-refractivity contribution >= 4 is 18.0 Å². The van der Waals surface area contributed by atoms with Gasteiger partial charge in [-0.2, -0.15) is 0 Å². The van der Waals surface area contributed by atoms with Crippen molar-refractivity contribution in [2.45, 2.75) is 32.7 Å². The number of nitrogens with one attached hydrogen (secondary N) is 2. The molecule has 7 heteroatoms. The fraction of sp³-hybridized carbons (Fsp3) is 0.375. The first-order valence-electron chi connectivity index (χ1n) is 10.4.